The quantitative estimate of drug-likeness (QED) is 0.442. The lowest BCUT2D eigenvalue weighted by molar-refractivity contribution is 0.321. The first kappa shape index (κ1) is 9.51. The van der Waals surface area contributed by atoms with Crippen LogP contribution in [0.5, 0.6) is 5.75 Å². The molecule has 0 aliphatic rings. The maximum Gasteiger partial charge on any atom is 0.135 e. The molecule has 1 rings (SSSR count). The Kier molecular flexibility index (Phi) is 3.25. The molecule has 0 heterocycles. The van der Waals surface area contributed by atoms with Gasteiger partial charge >= 0.3 is 0 Å². The van der Waals surface area contributed by atoms with Gasteiger partial charge in [0.25, 0.3) is 0 Å². The van der Waals surface area contributed by atoms with E-state index in [2.05, 4.69) is 5.16 Å². The summed E-state index contributed by atoms with van der Waals surface area (Å²) >= 11 is 0. The second-order valence-corrected chi connectivity index (χ2v) is 2.36. The van der Waals surface area contributed by atoms with Gasteiger partial charge in [0.05, 0.1) is 12.8 Å². The minimum atomic E-state index is -0.469. The standard InChI is InChI=1S/C9H10FNO2/c1-2-13-8-4-3-7(6-11-12)9(10)5-8/h3-6,12H,2H2,1H3/b11-6+. The van der Waals surface area contributed by atoms with Crippen LogP contribution in [0.4, 0.5) is 4.39 Å². The van der Waals surface area contributed by atoms with Gasteiger partial charge in [-0.2, -0.15) is 0 Å². The van der Waals surface area contributed by atoms with E-state index in [0.29, 0.717) is 12.4 Å². The Hall–Kier alpha value is -1.58. The first-order valence-electron chi connectivity index (χ1n) is 3.87. The van der Waals surface area contributed by atoms with Gasteiger partial charge in [0, 0.05) is 11.6 Å². The van der Waals surface area contributed by atoms with Crippen LogP contribution in [0.25, 0.3) is 0 Å². The van der Waals surface area contributed by atoms with Gasteiger partial charge in [-0.25, -0.2) is 4.39 Å². The van der Waals surface area contributed by atoms with E-state index in [-0.39, 0.29) is 5.56 Å². The molecule has 0 bridgehead atoms. The highest BCUT2D eigenvalue weighted by Gasteiger charge is 2.01. The summed E-state index contributed by atoms with van der Waals surface area (Å²) in [5.41, 5.74) is 0.228. The largest absolute Gasteiger partial charge is 0.494 e. The van der Waals surface area contributed by atoms with Crippen molar-refractivity contribution in [3.63, 3.8) is 0 Å². The van der Waals surface area contributed by atoms with Crippen LogP contribution in [-0.4, -0.2) is 18.0 Å². The SMILES string of the molecule is CCOc1ccc(/C=N/O)c(F)c1. The Morgan fingerprint density at radius 3 is 2.92 bits per heavy atom. The molecular formula is C9H10FNO2. The van der Waals surface area contributed by atoms with Crippen molar-refractivity contribution in [3.8, 4) is 5.75 Å². The lowest BCUT2D eigenvalue weighted by Crippen LogP contribution is -1.94. The van der Waals surface area contributed by atoms with Crippen molar-refractivity contribution in [2.24, 2.45) is 5.16 Å². The zero-order valence-electron chi connectivity index (χ0n) is 7.20. The number of benzene rings is 1. The van der Waals surface area contributed by atoms with Gasteiger partial charge in [-0.05, 0) is 19.1 Å². The van der Waals surface area contributed by atoms with Gasteiger partial charge in [-0.3, -0.25) is 0 Å². The molecule has 4 heteroatoms. The molecule has 0 amide bonds. The Bertz CT molecular complexity index is 312. The van der Waals surface area contributed by atoms with Crippen molar-refractivity contribution in [3.05, 3.63) is 29.6 Å². The van der Waals surface area contributed by atoms with E-state index in [4.69, 9.17) is 9.94 Å². The zero-order valence-corrected chi connectivity index (χ0v) is 7.20. The van der Waals surface area contributed by atoms with E-state index >= 15 is 0 Å². The normalized spacial score (nSPS) is 10.6. The molecular weight excluding hydrogens is 173 g/mol. The summed E-state index contributed by atoms with van der Waals surface area (Å²) < 4.78 is 18.2. The predicted octanol–water partition coefficient (Wildman–Crippen LogP) is 2.03. The minimum absolute atomic E-state index is 0.228. The van der Waals surface area contributed by atoms with Crippen molar-refractivity contribution in [2.45, 2.75) is 6.92 Å². The van der Waals surface area contributed by atoms with Crippen molar-refractivity contribution in [2.75, 3.05) is 6.61 Å². The summed E-state index contributed by atoms with van der Waals surface area (Å²) in [6, 6.07) is 4.35. The summed E-state index contributed by atoms with van der Waals surface area (Å²) in [7, 11) is 0. The predicted molar refractivity (Wildman–Crippen MR) is 46.9 cm³/mol. The van der Waals surface area contributed by atoms with E-state index < -0.39 is 5.82 Å². The van der Waals surface area contributed by atoms with E-state index in [1.54, 1.807) is 6.07 Å². The molecule has 0 saturated carbocycles. The first-order valence-corrected chi connectivity index (χ1v) is 3.87. The zero-order chi connectivity index (χ0) is 9.68. The summed E-state index contributed by atoms with van der Waals surface area (Å²) in [5.74, 6) is -0.00107. The third-order valence-electron chi connectivity index (χ3n) is 1.48. The molecule has 0 aromatic heterocycles. The van der Waals surface area contributed by atoms with Crippen molar-refractivity contribution >= 4 is 6.21 Å². The van der Waals surface area contributed by atoms with Gasteiger partial charge in [0.2, 0.25) is 0 Å². The van der Waals surface area contributed by atoms with Crippen molar-refractivity contribution < 1.29 is 14.3 Å². The lowest BCUT2D eigenvalue weighted by atomic mass is 10.2. The molecule has 0 saturated heterocycles. The van der Waals surface area contributed by atoms with Crippen molar-refractivity contribution in [1.29, 1.82) is 0 Å². The van der Waals surface area contributed by atoms with Crippen LogP contribution < -0.4 is 4.74 Å². The summed E-state index contributed by atoms with van der Waals surface area (Å²) in [6.45, 7) is 2.31. The van der Waals surface area contributed by atoms with Gasteiger partial charge in [-0.1, -0.05) is 5.16 Å². The second-order valence-electron chi connectivity index (χ2n) is 2.36. The van der Waals surface area contributed by atoms with Gasteiger partial charge in [0.1, 0.15) is 11.6 Å². The van der Waals surface area contributed by atoms with Gasteiger partial charge in [-0.15, -0.1) is 0 Å². The Labute approximate surface area is 75.4 Å². The van der Waals surface area contributed by atoms with Crippen LogP contribution in [0.2, 0.25) is 0 Å². The topological polar surface area (TPSA) is 41.8 Å². The highest BCUT2D eigenvalue weighted by molar-refractivity contribution is 5.79. The minimum Gasteiger partial charge on any atom is -0.494 e. The van der Waals surface area contributed by atoms with E-state index in [1.165, 1.54) is 12.1 Å². The van der Waals surface area contributed by atoms with Crippen LogP contribution in [0, 0.1) is 5.82 Å². The maximum absolute atomic E-state index is 13.1. The maximum atomic E-state index is 13.1. The molecule has 70 valence electrons. The van der Waals surface area contributed by atoms with E-state index in [0.717, 1.165) is 6.21 Å². The summed E-state index contributed by atoms with van der Waals surface area (Å²) in [4.78, 5) is 0. The average molecular weight is 183 g/mol. The fourth-order valence-electron chi connectivity index (χ4n) is 0.931. The summed E-state index contributed by atoms with van der Waals surface area (Å²) in [6.07, 6.45) is 1.03. The van der Waals surface area contributed by atoms with Crippen LogP contribution in [0.3, 0.4) is 0 Å². The van der Waals surface area contributed by atoms with Crippen LogP contribution in [0.1, 0.15) is 12.5 Å². The fourth-order valence-corrected chi connectivity index (χ4v) is 0.931. The molecule has 1 aromatic carbocycles. The van der Waals surface area contributed by atoms with Crippen LogP contribution in [-0.2, 0) is 0 Å². The number of hydrogen-bond donors (Lipinski definition) is 1. The number of nitrogens with zero attached hydrogens (tertiary/aromatic N) is 1. The molecule has 1 N–H and O–H groups in total. The average Bonchev–Trinajstić information content (AvgIpc) is 2.10. The number of ether oxygens (including phenoxy) is 1. The Balaban J connectivity index is 2.91. The van der Waals surface area contributed by atoms with E-state index in [1.807, 2.05) is 6.92 Å². The molecule has 0 atom stereocenters. The molecule has 0 aliphatic heterocycles. The Morgan fingerprint density at radius 2 is 2.38 bits per heavy atom. The highest BCUT2D eigenvalue weighted by Crippen LogP contribution is 2.15. The molecule has 0 spiro atoms. The number of rotatable bonds is 3. The van der Waals surface area contributed by atoms with Crippen LogP contribution in [0.15, 0.2) is 23.4 Å². The molecule has 13 heavy (non-hydrogen) atoms. The smallest absolute Gasteiger partial charge is 0.135 e. The first-order chi connectivity index (χ1) is 6.27. The summed E-state index contributed by atoms with van der Waals surface area (Å²) in [5, 5.41) is 10.9. The van der Waals surface area contributed by atoms with Crippen LogP contribution >= 0.6 is 0 Å². The lowest BCUT2D eigenvalue weighted by Gasteiger charge is -2.03. The van der Waals surface area contributed by atoms with Crippen molar-refractivity contribution in [1.82, 2.24) is 0 Å². The highest BCUT2D eigenvalue weighted by atomic mass is 19.1. The number of halogens is 1. The van der Waals surface area contributed by atoms with Gasteiger partial charge in [0.15, 0.2) is 0 Å². The number of oxime groups is 1. The fraction of sp³-hybridized carbons (Fsp3) is 0.222. The monoisotopic (exact) mass is 183 g/mol. The third-order valence-corrected chi connectivity index (χ3v) is 1.48. The molecule has 0 aliphatic carbocycles. The molecule has 1 aromatic rings. The molecule has 0 radical (unpaired) electrons. The second kappa shape index (κ2) is 4.45. The van der Waals surface area contributed by atoms with Gasteiger partial charge < -0.3 is 9.94 Å². The number of hydrogen-bond acceptors (Lipinski definition) is 3. The molecule has 0 fully saturated rings. The van der Waals surface area contributed by atoms with E-state index in [9.17, 15) is 4.39 Å². The molecule has 3 nitrogen and oxygen atoms in total. The molecule has 0 unspecified atom stereocenters. The Morgan fingerprint density at radius 1 is 1.62 bits per heavy atom. The third kappa shape index (κ3) is 2.43.